The van der Waals surface area contributed by atoms with Crippen molar-refractivity contribution in [1.82, 2.24) is 10.2 Å². The molecule has 2 aromatic carbocycles. The first-order chi connectivity index (χ1) is 14.5. The van der Waals surface area contributed by atoms with E-state index in [1.165, 1.54) is 26.4 Å². The average molecular weight is 414 g/mol. The van der Waals surface area contributed by atoms with Crippen molar-refractivity contribution in [3.05, 3.63) is 59.4 Å². The van der Waals surface area contributed by atoms with Gasteiger partial charge in [-0.25, -0.2) is 4.39 Å². The number of benzene rings is 2. The van der Waals surface area contributed by atoms with E-state index in [2.05, 4.69) is 10.2 Å². The lowest BCUT2D eigenvalue weighted by Gasteiger charge is -2.31. The lowest BCUT2D eigenvalue weighted by molar-refractivity contribution is 0.0838. The molecule has 30 heavy (non-hydrogen) atoms. The van der Waals surface area contributed by atoms with Gasteiger partial charge >= 0.3 is 0 Å². The molecule has 1 saturated heterocycles. The maximum atomic E-state index is 13.1. The maximum Gasteiger partial charge on any atom is 0.258 e. The first-order valence-electron chi connectivity index (χ1n) is 10.0. The molecule has 0 saturated carbocycles. The van der Waals surface area contributed by atoms with Crippen LogP contribution < -0.4 is 14.8 Å². The number of hydrogen-bond donors (Lipinski definition) is 1. The Morgan fingerprint density at radius 1 is 1.03 bits per heavy atom. The Labute approximate surface area is 176 Å². The highest BCUT2D eigenvalue weighted by Gasteiger charge is 2.26. The smallest absolute Gasteiger partial charge is 0.258 e. The molecule has 0 bridgehead atoms. The summed E-state index contributed by atoms with van der Waals surface area (Å²) in [7, 11) is 3.03. The monoisotopic (exact) mass is 414 g/mol. The minimum atomic E-state index is -0.339. The number of nitrogens with zero attached hydrogens (tertiary/aromatic N) is 1. The van der Waals surface area contributed by atoms with Crippen molar-refractivity contribution in [2.75, 3.05) is 40.4 Å². The summed E-state index contributed by atoms with van der Waals surface area (Å²) in [6.07, 6.45) is 1.51. The molecule has 1 heterocycles. The summed E-state index contributed by atoms with van der Waals surface area (Å²) in [5.41, 5.74) is 0.943. The normalized spacial score (nSPS) is 14.9. The lowest BCUT2D eigenvalue weighted by atomic mass is 9.89. The summed E-state index contributed by atoms with van der Waals surface area (Å²) in [5, 5.41) is 2.92. The van der Waals surface area contributed by atoms with Crippen molar-refractivity contribution in [3.63, 3.8) is 0 Å². The van der Waals surface area contributed by atoms with E-state index in [9.17, 15) is 14.0 Å². The second-order valence-corrected chi connectivity index (χ2v) is 7.28. The Morgan fingerprint density at radius 2 is 1.63 bits per heavy atom. The second-order valence-electron chi connectivity index (χ2n) is 7.28. The van der Waals surface area contributed by atoms with Gasteiger partial charge in [0.15, 0.2) is 5.78 Å². The zero-order valence-corrected chi connectivity index (χ0v) is 17.3. The Kier molecular flexibility index (Phi) is 7.41. The van der Waals surface area contributed by atoms with Crippen LogP contribution >= 0.6 is 0 Å². The fourth-order valence-corrected chi connectivity index (χ4v) is 3.76. The third-order valence-corrected chi connectivity index (χ3v) is 5.46. The second kappa shape index (κ2) is 10.2. The number of likely N-dealkylation sites (tertiary alicyclic amines) is 1. The number of Topliss-reactive ketones (excluding diaryl/α,β-unsaturated/α-hetero) is 1. The molecular weight excluding hydrogens is 387 g/mol. The van der Waals surface area contributed by atoms with Gasteiger partial charge < -0.3 is 19.7 Å². The summed E-state index contributed by atoms with van der Waals surface area (Å²) in [5.74, 6) is 0.379. The fraction of sp³-hybridized carbons (Fsp3) is 0.391. The third-order valence-electron chi connectivity index (χ3n) is 5.46. The van der Waals surface area contributed by atoms with E-state index in [0.717, 1.165) is 25.9 Å². The minimum absolute atomic E-state index is 0.0425. The number of piperidine rings is 1. The fourth-order valence-electron chi connectivity index (χ4n) is 3.76. The Morgan fingerprint density at radius 3 is 2.20 bits per heavy atom. The van der Waals surface area contributed by atoms with Crippen LogP contribution in [0.15, 0.2) is 42.5 Å². The average Bonchev–Trinajstić information content (AvgIpc) is 2.78. The summed E-state index contributed by atoms with van der Waals surface area (Å²) in [4.78, 5) is 27.4. The molecule has 0 unspecified atom stereocenters. The number of rotatable bonds is 8. The minimum Gasteiger partial charge on any atom is -0.496 e. The Bertz CT molecular complexity index is 855. The summed E-state index contributed by atoms with van der Waals surface area (Å²) >= 11 is 0. The number of hydrogen-bond acceptors (Lipinski definition) is 5. The van der Waals surface area contributed by atoms with E-state index >= 15 is 0 Å². The molecule has 1 aliphatic rings. The van der Waals surface area contributed by atoms with Gasteiger partial charge in [-0.3, -0.25) is 9.59 Å². The van der Waals surface area contributed by atoms with Crippen molar-refractivity contribution in [2.45, 2.75) is 12.8 Å². The van der Waals surface area contributed by atoms with Gasteiger partial charge in [0.1, 0.15) is 22.9 Å². The van der Waals surface area contributed by atoms with Crippen LogP contribution in [0.4, 0.5) is 4.39 Å². The maximum absolute atomic E-state index is 13.1. The van der Waals surface area contributed by atoms with Crippen LogP contribution in [0.1, 0.15) is 33.6 Å². The van der Waals surface area contributed by atoms with Gasteiger partial charge in [-0.1, -0.05) is 6.07 Å². The van der Waals surface area contributed by atoms with E-state index in [1.54, 1.807) is 30.3 Å². The zero-order chi connectivity index (χ0) is 21.5. The van der Waals surface area contributed by atoms with Crippen LogP contribution in [0.3, 0.4) is 0 Å². The van der Waals surface area contributed by atoms with Gasteiger partial charge in [-0.2, -0.15) is 0 Å². The Hall–Kier alpha value is -2.93. The van der Waals surface area contributed by atoms with Crippen LogP contribution in [0, 0.1) is 11.7 Å². The molecule has 2 aromatic rings. The topological polar surface area (TPSA) is 67.9 Å². The van der Waals surface area contributed by atoms with Gasteiger partial charge in [0.05, 0.1) is 14.2 Å². The van der Waals surface area contributed by atoms with Gasteiger partial charge in [0, 0.05) is 24.6 Å². The van der Waals surface area contributed by atoms with Gasteiger partial charge in [0.2, 0.25) is 0 Å². The summed E-state index contributed by atoms with van der Waals surface area (Å²) in [6.45, 7) is 2.74. The SMILES string of the molecule is COc1cccc(OC)c1C(=O)NCCN1CCC(C(=O)c2ccc(F)cc2)CC1. The predicted octanol–water partition coefficient (Wildman–Crippen LogP) is 3.17. The first kappa shape index (κ1) is 21.8. The number of ether oxygens (including phenoxy) is 2. The van der Waals surface area contributed by atoms with E-state index in [4.69, 9.17) is 9.47 Å². The molecule has 160 valence electrons. The van der Waals surface area contributed by atoms with Crippen molar-refractivity contribution in [2.24, 2.45) is 5.92 Å². The van der Waals surface area contributed by atoms with Crippen LogP contribution in [-0.2, 0) is 0 Å². The molecule has 0 spiro atoms. The van der Waals surface area contributed by atoms with Crippen LogP contribution in [0.5, 0.6) is 11.5 Å². The van der Waals surface area contributed by atoms with Gasteiger partial charge in [-0.05, 0) is 62.3 Å². The molecule has 1 N–H and O–H groups in total. The molecular formula is C23H27FN2O4. The van der Waals surface area contributed by atoms with E-state index < -0.39 is 0 Å². The van der Waals surface area contributed by atoms with Gasteiger partial charge in [-0.15, -0.1) is 0 Å². The molecule has 0 aromatic heterocycles. The van der Waals surface area contributed by atoms with Crippen LogP contribution in [0.25, 0.3) is 0 Å². The number of amides is 1. The molecule has 6 nitrogen and oxygen atoms in total. The quantitative estimate of drug-likeness (QED) is 0.672. The molecule has 0 aliphatic carbocycles. The largest absolute Gasteiger partial charge is 0.496 e. The van der Waals surface area contributed by atoms with E-state index in [-0.39, 0.29) is 23.4 Å². The standard InChI is InChI=1S/C23H27FN2O4/c1-29-19-4-3-5-20(30-2)21(19)23(28)25-12-15-26-13-10-17(11-14-26)22(27)16-6-8-18(24)9-7-16/h3-9,17H,10-15H2,1-2H3,(H,25,28). The van der Waals surface area contributed by atoms with Crippen molar-refractivity contribution in [1.29, 1.82) is 0 Å². The third kappa shape index (κ3) is 5.16. The molecule has 0 atom stereocenters. The number of carbonyl (C=O) groups is 2. The number of nitrogens with one attached hydrogen (secondary N) is 1. The van der Waals surface area contributed by atoms with E-state index in [0.29, 0.717) is 35.7 Å². The molecule has 1 aliphatic heterocycles. The number of ketones is 1. The predicted molar refractivity (Wildman–Crippen MR) is 112 cm³/mol. The highest BCUT2D eigenvalue weighted by molar-refractivity contribution is 5.99. The highest BCUT2D eigenvalue weighted by Crippen LogP contribution is 2.28. The summed E-state index contributed by atoms with van der Waals surface area (Å²) in [6, 6.07) is 11.0. The van der Waals surface area contributed by atoms with Gasteiger partial charge in [0.25, 0.3) is 5.91 Å². The highest BCUT2D eigenvalue weighted by atomic mass is 19.1. The van der Waals surface area contributed by atoms with Crippen molar-refractivity contribution in [3.8, 4) is 11.5 Å². The first-order valence-corrected chi connectivity index (χ1v) is 10.0. The van der Waals surface area contributed by atoms with E-state index in [1.807, 2.05) is 0 Å². The molecule has 7 heteroatoms. The molecule has 1 fully saturated rings. The number of methoxy groups -OCH3 is 2. The molecule has 1 amide bonds. The summed E-state index contributed by atoms with van der Waals surface area (Å²) < 4.78 is 23.6. The Balaban J connectivity index is 1.47. The number of carbonyl (C=O) groups excluding carboxylic acids is 2. The lowest BCUT2D eigenvalue weighted by Crippen LogP contribution is -2.41. The molecule has 3 rings (SSSR count). The molecule has 0 radical (unpaired) electrons. The van der Waals surface area contributed by atoms with Crippen molar-refractivity contribution >= 4 is 11.7 Å². The van der Waals surface area contributed by atoms with Crippen LogP contribution in [-0.4, -0.2) is 57.0 Å². The number of halogens is 1. The van der Waals surface area contributed by atoms with Crippen molar-refractivity contribution < 1.29 is 23.5 Å². The zero-order valence-electron chi connectivity index (χ0n) is 17.3. The van der Waals surface area contributed by atoms with Crippen LogP contribution in [0.2, 0.25) is 0 Å².